The quantitative estimate of drug-likeness (QED) is 0.482. The van der Waals surface area contributed by atoms with Gasteiger partial charge in [-0.3, -0.25) is 14.4 Å². The first-order valence-corrected chi connectivity index (χ1v) is 7.13. The van der Waals surface area contributed by atoms with Gasteiger partial charge in [-0.25, -0.2) is 0 Å². The highest BCUT2D eigenvalue weighted by Gasteiger charge is 2.43. The summed E-state index contributed by atoms with van der Waals surface area (Å²) in [5.74, 6) is -3.11. The summed E-state index contributed by atoms with van der Waals surface area (Å²) in [4.78, 5) is 36.6. The van der Waals surface area contributed by atoms with Crippen molar-refractivity contribution in [1.82, 2.24) is 4.90 Å². The number of hydrogen-bond acceptors (Lipinski definition) is 4. The highest BCUT2D eigenvalue weighted by molar-refractivity contribution is 6.42. The second-order valence-electron chi connectivity index (χ2n) is 4.60. The molecule has 1 saturated heterocycles. The summed E-state index contributed by atoms with van der Waals surface area (Å²) in [6.45, 7) is 2.03. The van der Waals surface area contributed by atoms with Crippen molar-refractivity contribution in [3.05, 3.63) is 33.8 Å². The molecule has 0 aromatic heterocycles. The van der Waals surface area contributed by atoms with Crippen molar-refractivity contribution >= 4 is 40.9 Å². The van der Waals surface area contributed by atoms with Crippen molar-refractivity contribution in [1.29, 1.82) is 0 Å². The normalized spacial score (nSPS) is 18.2. The topological polar surface area (TPSA) is 63.7 Å². The summed E-state index contributed by atoms with van der Waals surface area (Å²) in [5, 5.41) is 0.780. The van der Waals surface area contributed by atoms with E-state index in [9.17, 15) is 14.4 Å². The van der Waals surface area contributed by atoms with Gasteiger partial charge in [0, 0.05) is 13.1 Å². The van der Waals surface area contributed by atoms with Gasteiger partial charge < -0.3 is 9.64 Å². The average Bonchev–Trinajstić information content (AvgIpc) is 2.72. The van der Waals surface area contributed by atoms with Crippen LogP contribution in [0.15, 0.2) is 18.2 Å². The Morgan fingerprint density at radius 1 is 1.33 bits per heavy atom. The molecule has 0 N–H and O–H groups in total. The lowest BCUT2D eigenvalue weighted by Crippen LogP contribution is -2.26. The number of nitrogens with zero attached hydrogens (tertiary/aromatic N) is 1. The van der Waals surface area contributed by atoms with Crippen LogP contribution < -0.4 is 0 Å². The molecular weight excluding hydrogens is 317 g/mol. The van der Waals surface area contributed by atoms with Crippen LogP contribution in [0.2, 0.25) is 10.0 Å². The number of carbonyl (C=O) groups excluding carboxylic acids is 3. The van der Waals surface area contributed by atoms with Gasteiger partial charge in [0.15, 0.2) is 0 Å². The molecule has 1 aliphatic heterocycles. The fourth-order valence-corrected chi connectivity index (χ4v) is 2.43. The lowest BCUT2D eigenvalue weighted by atomic mass is 10.1. The van der Waals surface area contributed by atoms with Crippen LogP contribution >= 0.6 is 23.2 Å². The zero-order valence-corrected chi connectivity index (χ0v) is 12.8. The molecule has 5 nitrogen and oxygen atoms in total. The number of amides is 1. The zero-order valence-electron chi connectivity index (χ0n) is 11.3. The summed E-state index contributed by atoms with van der Waals surface area (Å²) in [6.07, 6.45) is 0. The van der Waals surface area contributed by atoms with Crippen LogP contribution in [0.4, 0.5) is 0 Å². The fraction of sp³-hybridized carbons (Fsp3) is 0.357. The number of ketones is 1. The zero-order chi connectivity index (χ0) is 15.6. The Morgan fingerprint density at radius 2 is 2.05 bits per heavy atom. The van der Waals surface area contributed by atoms with Crippen molar-refractivity contribution in [3.8, 4) is 0 Å². The smallest absolute Gasteiger partial charge is 0.318 e. The highest BCUT2D eigenvalue weighted by atomic mass is 35.5. The molecule has 7 heteroatoms. The van der Waals surface area contributed by atoms with E-state index in [0.29, 0.717) is 10.0 Å². The van der Waals surface area contributed by atoms with Gasteiger partial charge in [0.1, 0.15) is 5.92 Å². The molecule has 21 heavy (non-hydrogen) atoms. The van der Waals surface area contributed by atoms with Crippen LogP contribution in [0.3, 0.4) is 0 Å². The Morgan fingerprint density at radius 3 is 2.67 bits per heavy atom. The number of hydrogen-bond donors (Lipinski definition) is 0. The van der Waals surface area contributed by atoms with Crippen LogP contribution in [-0.2, 0) is 25.7 Å². The summed E-state index contributed by atoms with van der Waals surface area (Å²) in [5.41, 5.74) is 0.732. The Balaban J connectivity index is 2.11. The highest BCUT2D eigenvalue weighted by Crippen LogP contribution is 2.25. The molecule has 0 aliphatic carbocycles. The summed E-state index contributed by atoms with van der Waals surface area (Å²) in [6, 6.07) is 4.95. The summed E-state index contributed by atoms with van der Waals surface area (Å²) >= 11 is 11.7. The van der Waals surface area contributed by atoms with Gasteiger partial charge in [-0.2, -0.15) is 0 Å². The van der Waals surface area contributed by atoms with Crippen molar-refractivity contribution in [2.75, 3.05) is 13.2 Å². The summed E-state index contributed by atoms with van der Waals surface area (Å²) < 4.78 is 4.80. The van der Waals surface area contributed by atoms with E-state index in [2.05, 4.69) is 0 Å². The number of benzene rings is 1. The molecule has 112 valence electrons. The van der Waals surface area contributed by atoms with E-state index in [0.717, 1.165) is 5.56 Å². The minimum Gasteiger partial charge on any atom is -0.465 e. The van der Waals surface area contributed by atoms with E-state index in [1.807, 2.05) is 0 Å². The maximum absolute atomic E-state index is 11.9. The molecule has 1 aliphatic rings. The molecule has 1 heterocycles. The molecule has 0 radical (unpaired) electrons. The number of likely N-dealkylation sites (tertiary alicyclic amines) is 1. The second-order valence-corrected chi connectivity index (χ2v) is 5.42. The molecule has 1 aromatic rings. The Kier molecular flexibility index (Phi) is 4.85. The number of esters is 1. The lowest BCUT2D eigenvalue weighted by molar-refractivity contribution is -0.151. The minimum absolute atomic E-state index is 0.0245. The van der Waals surface area contributed by atoms with Crippen molar-refractivity contribution in [3.63, 3.8) is 0 Å². The molecule has 1 unspecified atom stereocenters. The van der Waals surface area contributed by atoms with Crippen LogP contribution in [0.25, 0.3) is 0 Å². The summed E-state index contributed by atoms with van der Waals surface area (Å²) in [7, 11) is 0. The minimum atomic E-state index is -1.04. The van der Waals surface area contributed by atoms with Gasteiger partial charge in [0.05, 0.1) is 16.7 Å². The molecule has 2 rings (SSSR count). The molecule has 0 bridgehead atoms. The van der Waals surface area contributed by atoms with Crippen LogP contribution in [-0.4, -0.2) is 35.7 Å². The van der Waals surface area contributed by atoms with Gasteiger partial charge in [-0.15, -0.1) is 0 Å². The first-order valence-electron chi connectivity index (χ1n) is 6.37. The van der Waals surface area contributed by atoms with Crippen LogP contribution in [0.5, 0.6) is 0 Å². The second kappa shape index (κ2) is 6.45. The number of ether oxygens (including phenoxy) is 1. The predicted molar refractivity (Wildman–Crippen MR) is 77.0 cm³/mol. The van der Waals surface area contributed by atoms with E-state index in [4.69, 9.17) is 27.9 Å². The van der Waals surface area contributed by atoms with Gasteiger partial charge >= 0.3 is 5.97 Å². The standard InChI is InChI=1S/C14H13Cl2NO4/c1-2-21-14(20)9-7-17(13(19)12(9)18)6-8-3-4-10(15)11(16)5-8/h3-5,9H,2,6-7H2,1H3. The van der Waals surface area contributed by atoms with Crippen LogP contribution in [0, 0.1) is 5.92 Å². The van der Waals surface area contributed by atoms with Gasteiger partial charge in [0.25, 0.3) is 5.91 Å². The molecule has 1 aromatic carbocycles. The molecular formula is C14H13Cl2NO4. The Labute approximate surface area is 131 Å². The number of rotatable bonds is 4. The van der Waals surface area contributed by atoms with Gasteiger partial charge in [0.2, 0.25) is 5.78 Å². The molecule has 1 atom stereocenters. The molecule has 0 saturated carbocycles. The van der Waals surface area contributed by atoms with Gasteiger partial charge in [-0.1, -0.05) is 29.3 Å². The largest absolute Gasteiger partial charge is 0.465 e. The third-order valence-corrected chi connectivity index (χ3v) is 3.89. The molecule has 1 amide bonds. The first-order chi connectivity index (χ1) is 9.93. The Bertz CT molecular complexity index is 603. The molecule has 0 spiro atoms. The maximum Gasteiger partial charge on any atom is 0.318 e. The Hall–Kier alpha value is -1.59. The SMILES string of the molecule is CCOC(=O)C1CN(Cc2ccc(Cl)c(Cl)c2)C(=O)C1=O. The van der Waals surface area contributed by atoms with Gasteiger partial charge in [-0.05, 0) is 24.6 Å². The number of Topliss-reactive ketones (excluding diaryl/α,β-unsaturated/α-hetero) is 1. The number of carbonyl (C=O) groups is 3. The first kappa shape index (κ1) is 15.8. The van der Waals surface area contributed by atoms with E-state index >= 15 is 0 Å². The van der Waals surface area contributed by atoms with Crippen molar-refractivity contribution in [2.24, 2.45) is 5.92 Å². The number of halogens is 2. The maximum atomic E-state index is 11.9. The molecule has 1 fully saturated rings. The van der Waals surface area contributed by atoms with Crippen molar-refractivity contribution in [2.45, 2.75) is 13.5 Å². The fourth-order valence-electron chi connectivity index (χ4n) is 2.11. The third kappa shape index (κ3) is 3.36. The van der Waals surface area contributed by atoms with E-state index in [1.165, 1.54) is 4.90 Å². The predicted octanol–water partition coefficient (Wildman–Crippen LogP) is 2.08. The lowest BCUT2D eigenvalue weighted by Gasteiger charge is -2.15. The average molecular weight is 330 g/mol. The van der Waals surface area contributed by atoms with E-state index in [1.54, 1.807) is 25.1 Å². The van der Waals surface area contributed by atoms with E-state index < -0.39 is 23.6 Å². The van der Waals surface area contributed by atoms with Crippen LogP contribution in [0.1, 0.15) is 12.5 Å². The third-order valence-electron chi connectivity index (χ3n) is 3.15. The monoisotopic (exact) mass is 329 g/mol. The van der Waals surface area contributed by atoms with E-state index in [-0.39, 0.29) is 19.7 Å². The van der Waals surface area contributed by atoms with Crippen molar-refractivity contribution < 1.29 is 19.1 Å².